The summed E-state index contributed by atoms with van der Waals surface area (Å²) < 4.78 is 19.1. The van der Waals surface area contributed by atoms with Gasteiger partial charge in [0.25, 0.3) is 0 Å². The van der Waals surface area contributed by atoms with Crippen LogP contribution in [0.15, 0.2) is 18.2 Å². The largest absolute Gasteiger partial charge is 0.491 e. The fraction of sp³-hybridized carbons (Fsp3) is 0.600. The molecule has 3 heteroatoms. The zero-order chi connectivity index (χ0) is 13.4. The monoisotopic (exact) mass is 253 g/mol. The smallest absolute Gasteiger partial charge is 0.167 e. The molecule has 0 spiro atoms. The van der Waals surface area contributed by atoms with Crippen LogP contribution in [0.5, 0.6) is 5.75 Å². The van der Waals surface area contributed by atoms with Gasteiger partial charge in [-0.05, 0) is 51.3 Å². The maximum Gasteiger partial charge on any atom is 0.167 e. The van der Waals surface area contributed by atoms with Crippen molar-refractivity contribution in [3.63, 3.8) is 0 Å². The van der Waals surface area contributed by atoms with E-state index in [0.29, 0.717) is 24.0 Å². The Morgan fingerprint density at radius 1 is 1.33 bits per heavy atom. The van der Waals surface area contributed by atoms with E-state index >= 15 is 0 Å². The third kappa shape index (κ3) is 5.05. The highest BCUT2D eigenvalue weighted by atomic mass is 19.1. The number of hydrogen-bond donors (Lipinski definition) is 1. The molecule has 1 aromatic carbocycles. The van der Waals surface area contributed by atoms with Crippen LogP contribution in [0.4, 0.5) is 4.39 Å². The molecule has 0 aliphatic carbocycles. The predicted molar refractivity (Wildman–Crippen MR) is 73.6 cm³/mol. The molecule has 1 atom stereocenters. The number of unbranched alkanes of at least 4 members (excludes halogenated alkanes) is 1. The van der Waals surface area contributed by atoms with Crippen LogP contribution in [0.3, 0.4) is 0 Å². The lowest BCUT2D eigenvalue weighted by Gasteiger charge is -2.12. The maximum absolute atomic E-state index is 13.6. The Hall–Kier alpha value is -1.09. The van der Waals surface area contributed by atoms with Crippen molar-refractivity contribution >= 4 is 0 Å². The van der Waals surface area contributed by atoms with Crippen LogP contribution in [-0.2, 0) is 0 Å². The Labute approximate surface area is 110 Å². The molecule has 0 amide bonds. The molecule has 0 saturated heterocycles. The second-order valence-electron chi connectivity index (χ2n) is 4.69. The van der Waals surface area contributed by atoms with Gasteiger partial charge in [0, 0.05) is 6.04 Å². The van der Waals surface area contributed by atoms with Crippen molar-refractivity contribution in [1.82, 2.24) is 5.32 Å². The first-order chi connectivity index (χ1) is 8.65. The van der Waals surface area contributed by atoms with E-state index in [4.69, 9.17) is 4.74 Å². The van der Waals surface area contributed by atoms with E-state index in [2.05, 4.69) is 19.2 Å². The molecule has 1 unspecified atom stereocenters. The minimum absolute atomic E-state index is 0.237. The van der Waals surface area contributed by atoms with Gasteiger partial charge in [0.15, 0.2) is 11.6 Å². The van der Waals surface area contributed by atoms with E-state index in [1.807, 2.05) is 6.07 Å². The molecule has 1 N–H and O–H groups in total. The van der Waals surface area contributed by atoms with Crippen molar-refractivity contribution < 1.29 is 9.13 Å². The first kappa shape index (κ1) is 15.0. The van der Waals surface area contributed by atoms with Crippen LogP contribution in [-0.4, -0.2) is 19.2 Å². The number of rotatable bonds is 8. The van der Waals surface area contributed by atoms with Gasteiger partial charge < -0.3 is 10.1 Å². The zero-order valence-corrected chi connectivity index (χ0v) is 11.6. The molecule has 0 aliphatic rings. The molecule has 18 heavy (non-hydrogen) atoms. The fourth-order valence-electron chi connectivity index (χ4n) is 1.92. The third-order valence-electron chi connectivity index (χ3n) is 3.00. The molecule has 0 heterocycles. The van der Waals surface area contributed by atoms with Crippen molar-refractivity contribution in [2.24, 2.45) is 0 Å². The van der Waals surface area contributed by atoms with Crippen molar-refractivity contribution in [1.29, 1.82) is 0 Å². The molecule has 1 rings (SSSR count). The van der Waals surface area contributed by atoms with Gasteiger partial charge in [-0.25, -0.2) is 4.39 Å². The minimum atomic E-state index is -0.237. The summed E-state index contributed by atoms with van der Waals surface area (Å²) in [7, 11) is 0. The van der Waals surface area contributed by atoms with Gasteiger partial charge in [-0.15, -0.1) is 0 Å². The fourth-order valence-corrected chi connectivity index (χ4v) is 1.92. The van der Waals surface area contributed by atoms with Gasteiger partial charge in [0.05, 0.1) is 6.61 Å². The van der Waals surface area contributed by atoms with Crippen molar-refractivity contribution in [2.75, 3.05) is 13.2 Å². The summed E-state index contributed by atoms with van der Waals surface area (Å²) in [5.74, 6) is 0.133. The molecular weight excluding hydrogens is 229 g/mol. The highest BCUT2D eigenvalue weighted by molar-refractivity contribution is 5.29. The lowest BCUT2D eigenvalue weighted by atomic mass is 10.1. The average Bonchev–Trinajstić information content (AvgIpc) is 2.34. The molecule has 0 aromatic heterocycles. The molecular formula is C15H24FNO. The minimum Gasteiger partial charge on any atom is -0.491 e. The molecule has 0 bridgehead atoms. The summed E-state index contributed by atoms with van der Waals surface area (Å²) in [6.07, 6.45) is 3.19. The third-order valence-corrected chi connectivity index (χ3v) is 3.00. The normalized spacial score (nSPS) is 12.4. The van der Waals surface area contributed by atoms with Crippen LogP contribution in [0.1, 0.15) is 38.7 Å². The summed E-state index contributed by atoms with van der Waals surface area (Å²) >= 11 is 0. The summed E-state index contributed by atoms with van der Waals surface area (Å²) in [6, 6.07) is 5.80. The molecule has 0 fully saturated rings. The quantitative estimate of drug-likeness (QED) is 0.714. The average molecular weight is 253 g/mol. The number of aryl methyl sites for hydroxylation is 1. The zero-order valence-electron chi connectivity index (χ0n) is 11.6. The Kier molecular flexibility index (Phi) is 6.73. The Bertz CT molecular complexity index is 354. The lowest BCUT2D eigenvalue weighted by Crippen LogP contribution is -2.25. The molecule has 2 nitrogen and oxygen atoms in total. The van der Waals surface area contributed by atoms with Crippen molar-refractivity contribution in [3.8, 4) is 5.75 Å². The van der Waals surface area contributed by atoms with E-state index in [9.17, 15) is 4.39 Å². The summed E-state index contributed by atoms with van der Waals surface area (Å²) in [6.45, 7) is 7.64. The van der Waals surface area contributed by atoms with Crippen LogP contribution in [0.2, 0.25) is 0 Å². The highest BCUT2D eigenvalue weighted by Gasteiger charge is 2.05. The standard InChI is InChI=1S/C15H24FNO/c1-4-17-13(3)9-5-6-11-18-14-10-7-8-12(2)15(14)16/h7-8,10,13,17H,4-6,9,11H2,1-3H3. The summed E-state index contributed by atoms with van der Waals surface area (Å²) in [5.41, 5.74) is 0.633. The van der Waals surface area contributed by atoms with Gasteiger partial charge in [-0.1, -0.05) is 19.1 Å². The number of hydrogen-bond acceptors (Lipinski definition) is 2. The van der Waals surface area contributed by atoms with Gasteiger partial charge in [-0.2, -0.15) is 0 Å². The Morgan fingerprint density at radius 2 is 2.11 bits per heavy atom. The van der Waals surface area contributed by atoms with E-state index < -0.39 is 0 Å². The van der Waals surface area contributed by atoms with E-state index in [1.54, 1.807) is 19.1 Å². The second-order valence-corrected chi connectivity index (χ2v) is 4.69. The number of nitrogens with one attached hydrogen (secondary N) is 1. The topological polar surface area (TPSA) is 21.3 Å². The molecule has 0 aliphatic heterocycles. The number of benzene rings is 1. The molecule has 1 aromatic rings. The van der Waals surface area contributed by atoms with Crippen LogP contribution < -0.4 is 10.1 Å². The van der Waals surface area contributed by atoms with Crippen LogP contribution >= 0.6 is 0 Å². The number of ether oxygens (including phenoxy) is 1. The lowest BCUT2D eigenvalue weighted by molar-refractivity contribution is 0.287. The van der Waals surface area contributed by atoms with Gasteiger partial charge in [0.2, 0.25) is 0 Å². The summed E-state index contributed by atoms with van der Waals surface area (Å²) in [5, 5.41) is 3.37. The molecule has 0 saturated carbocycles. The van der Waals surface area contributed by atoms with Crippen molar-refractivity contribution in [2.45, 2.75) is 46.1 Å². The summed E-state index contributed by atoms with van der Waals surface area (Å²) in [4.78, 5) is 0. The molecule has 102 valence electrons. The molecule has 0 radical (unpaired) electrons. The Balaban J connectivity index is 2.20. The van der Waals surface area contributed by atoms with Crippen LogP contribution in [0, 0.1) is 12.7 Å². The van der Waals surface area contributed by atoms with E-state index in [-0.39, 0.29) is 5.82 Å². The van der Waals surface area contributed by atoms with E-state index in [1.165, 1.54) is 0 Å². The second kappa shape index (κ2) is 8.09. The Morgan fingerprint density at radius 3 is 2.83 bits per heavy atom. The van der Waals surface area contributed by atoms with Crippen LogP contribution in [0.25, 0.3) is 0 Å². The van der Waals surface area contributed by atoms with E-state index in [0.717, 1.165) is 25.8 Å². The first-order valence-electron chi connectivity index (χ1n) is 6.76. The highest BCUT2D eigenvalue weighted by Crippen LogP contribution is 2.19. The van der Waals surface area contributed by atoms with Gasteiger partial charge in [0.1, 0.15) is 0 Å². The maximum atomic E-state index is 13.6. The number of halogens is 1. The predicted octanol–water partition coefficient (Wildman–Crippen LogP) is 3.68. The first-order valence-corrected chi connectivity index (χ1v) is 6.76. The van der Waals surface area contributed by atoms with Gasteiger partial charge >= 0.3 is 0 Å². The SMILES string of the molecule is CCNC(C)CCCCOc1cccc(C)c1F. The van der Waals surface area contributed by atoms with Gasteiger partial charge in [-0.3, -0.25) is 0 Å². The van der Waals surface area contributed by atoms with Crippen molar-refractivity contribution in [3.05, 3.63) is 29.6 Å².